The molecular formula is C17H32F3N. The Kier molecular flexibility index (Phi) is 8.07. The molecule has 1 saturated carbocycles. The van der Waals surface area contributed by atoms with Crippen molar-refractivity contribution in [3.63, 3.8) is 0 Å². The minimum atomic E-state index is -4.04. The summed E-state index contributed by atoms with van der Waals surface area (Å²) < 4.78 is 39.8. The van der Waals surface area contributed by atoms with Crippen molar-refractivity contribution in [3.05, 3.63) is 0 Å². The Labute approximate surface area is 128 Å². The topological polar surface area (TPSA) is 12.0 Å². The lowest BCUT2D eigenvalue weighted by Gasteiger charge is -2.39. The fraction of sp³-hybridized carbons (Fsp3) is 1.00. The molecular weight excluding hydrogens is 275 g/mol. The van der Waals surface area contributed by atoms with Gasteiger partial charge < -0.3 is 5.32 Å². The lowest BCUT2D eigenvalue weighted by atomic mass is 9.72. The van der Waals surface area contributed by atoms with Crippen LogP contribution >= 0.6 is 0 Å². The summed E-state index contributed by atoms with van der Waals surface area (Å²) in [6.07, 6.45) is 4.13. The molecule has 0 aromatic carbocycles. The molecule has 1 rings (SSSR count). The van der Waals surface area contributed by atoms with Crippen molar-refractivity contribution < 1.29 is 13.2 Å². The zero-order valence-corrected chi connectivity index (χ0v) is 13.8. The number of hydrogen-bond acceptors (Lipinski definition) is 1. The third kappa shape index (κ3) is 5.80. The normalized spacial score (nSPS) is 26.6. The largest absolute Gasteiger partial charge is 0.392 e. The van der Waals surface area contributed by atoms with Crippen LogP contribution in [0.25, 0.3) is 0 Å². The summed E-state index contributed by atoms with van der Waals surface area (Å²) in [5, 5.41) is 3.22. The van der Waals surface area contributed by atoms with Gasteiger partial charge in [0.25, 0.3) is 0 Å². The first kappa shape index (κ1) is 18.8. The van der Waals surface area contributed by atoms with Crippen LogP contribution in [0.5, 0.6) is 0 Å². The molecule has 1 N–H and O–H groups in total. The Morgan fingerprint density at radius 1 is 1.14 bits per heavy atom. The van der Waals surface area contributed by atoms with Crippen LogP contribution in [0.1, 0.15) is 71.6 Å². The summed E-state index contributed by atoms with van der Waals surface area (Å²) >= 11 is 0. The zero-order chi connectivity index (χ0) is 15.9. The lowest BCUT2D eigenvalue weighted by molar-refractivity contribution is -0.199. The SMILES string of the molecule is CCCCC(CC)CC(NC)C1CCCCC1C(F)(F)F. The van der Waals surface area contributed by atoms with E-state index in [1.807, 2.05) is 7.05 Å². The number of nitrogens with one attached hydrogen (secondary N) is 1. The average molecular weight is 307 g/mol. The van der Waals surface area contributed by atoms with Crippen molar-refractivity contribution in [1.29, 1.82) is 0 Å². The molecule has 1 aliphatic carbocycles. The van der Waals surface area contributed by atoms with Gasteiger partial charge in [-0.25, -0.2) is 0 Å². The summed E-state index contributed by atoms with van der Waals surface area (Å²) in [5.74, 6) is -0.787. The van der Waals surface area contributed by atoms with Crippen molar-refractivity contribution in [3.8, 4) is 0 Å². The molecule has 0 aromatic rings. The van der Waals surface area contributed by atoms with Crippen molar-refractivity contribution in [1.82, 2.24) is 5.32 Å². The smallest absolute Gasteiger partial charge is 0.317 e. The molecule has 0 aliphatic heterocycles. The molecule has 4 atom stereocenters. The van der Waals surface area contributed by atoms with E-state index in [2.05, 4.69) is 19.2 Å². The van der Waals surface area contributed by atoms with Gasteiger partial charge in [-0.2, -0.15) is 13.2 Å². The summed E-state index contributed by atoms with van der Waals surface area (Å²) in [7, 11) is 1.83. The van der Waals surface area contributed by atoms with Crippen LogP contribution in [-0.4, -0.2) is 19.3 Å². The Balaban J connectivity index is 2.71. The van der Waals surface area contributed by atoms with E-state index in [-0.39, 0.29) is 12.0 Å². The maximum absolute atomic E-state index is 13.3. The second kappa shape index (κ2) is 9.02. The van der Waals surface area contributed by atoms with Crippen molar-refractivity contribution in [2.45, 2.75) is 83.9 Å². The second-order valence-electron chi connectivity index (χ2n) is 6.64. The quantitative estimate of drug-likeness (QED) is 0.620. The highest BCUT2D eigenvalue weighted by molar-refractivity contribution is 4.89. The molecule has 0 spiro atoms. The standard InChI is InChI=1S/C17H32F3N/c1-4-6-9-13(5-2)12-16(21-3)14-10-7-8-11-15(14)17(18,19)20/h13-16,21H,4-12H2,1-3H3. The van der Waals surface area contributed by atoms with E-state index in [1.54, 1.807) is 0 Å². The van der Waals surface area contributed by atoms with Crippen LogP contribution in [0.4, 0.5) is 13.2 Å². The van der Waals surface area contributed by atoms with Gasteiger partial charge in [-0.3, -0.25) is 0 Å². The number of rotatable bonds is 8. The third-order valence-electron chi connectivity index (χ3n) is 5.26. The highest BCUT2D eigenvalue weighted by Crippen LogP contribution is 2.44. The molecule has 0 bridgehead atoms. The fourth-order valence-electron chi connectivity index (χ4n) is 3.89. The Morgan fingerprint density at radius 3 is 2.33 bits per heavy atom. The lowest BCUT2D eigenvalue weighted by Crippen LogP contribution is -2.45. The van der Waals surface area contributed by atoms with Crippen LogP contribution in [0.3, 0.4) is 0 Å². The Morgan fingerprint density at radius 2 is 1.81 bits per heavy atom. The maximum atomic E-state index is 13.3. The monoisotopic (exact) mass is 307 g/mol. The van der Waals surface area contributed by atoms with Gasteiger partial charge in [0, 0.05) is 6.04 Å². The molecule has 0 radical (unpaired) electrons. The molecule has 1 nitrogen and oxygen atoms in total. The number of unbranched alkanes of at least 4 members (excludes halogenated alkanes) is 1. The molecule has 0 heterocycles. The first-order valence-corrected chi connectivity index (χ1v) is 8.67. The van der Waals surface area contributed by atoms with Gasteiger partial charge in [-0.1, -0.05) is 52.4 Å². The van der Waals surface area contributed by atoms with Gasteiger partial charge in [0.05, 0.1) is 5.92 Å². The minimum Gasteiger partial charge on any atom is -0.317 e. The predicted molar refractivity (Wildman–Crippen MR) is 82.3 cm³/mol. The molecule has 4 heteroatoms. The van der Waals surface area contributed by atoms with Crippen LogP contribution in [0.2, 0.25) is 0 Å². The first-order chi connectivity index (χ1) is 9.93. The Bertz CT molecular complexity index is 278. The van der Waals surface area contributed by atoms with Crippen LogP contribution in [-0.2, 0) is 0 Å². The van der Waals surface area contributed by atoms with E-state index >= 15 is 0 Å². The molecule has 1 fully saturated rings. The highest BCUT2D eigenvalue weighted by atomic mass is 19.4. The summed E-state index contributed by atoms with van der Waals surface area (Å²) in [5.41, 5.74) is 0. The van der Waals surface area contributed by atoms with Crippen molar-refractivity contribution >= 4 is 0 Å². The van der Waals surface area contributed by atoms with Gasteiger partial charge in [0.1, 0.15) is 0 Å². The van der Waals surface area contributed by atoms with Crippen molar-refractivity contribution in [2.75, 3.05) is 7.05 Å². The van der Waals surface area contributed by atoms with Gasteiger partial charge in [-0.15, -0.1) is 0 Å². The van der Waals surface area contributed by atoms with Gasteiger partial charge in [0.15, 0.2) is 0 Å². The molecule has 126 valence electrons. The maximum Gasteiger partial charge on any atom is 0.392 e. The van der Waals surface area contributed by atoms with E-state index in [4.69, 9.17) is 0 Å². The molecule has 0 aromatic heterocycles. The second-order valence-corrected chi connectivity index (χ2v) is 6.64. The molecule has 1 aliphatic rings. The van der Waals surface area contributed by atoms with Gasteiger partial charge in [-0.05, 0) is 38.1 Å². The van der Waals surface area contributed by atoms with Gasteiger partial charge in [0.2, 0.25) is 0 Å². The summed E-state index contributed by atoms with van der Waals surface area (Å²) in [6.45, 7) is 4.33. The number of hydrogen-bond donors (Lipinski definition) is 1. The van der Waals surface area contributed by atoms with Gasteiger partial charge >= 0.3 is 6.18 Å². The summed E-state index contributed by atoms with van der Waals surface area (Å²) in [4.78, 5) is 0. The third-order valence-corrected chi connectivity index (χ3v) is 5.26. The molecule has 21 heavy (non-hydrogen) atoms. The van der Waals surface area contributed by atoms with Crippen LogP contribution in [0.15, 0.2) is 0 Å². The predicted octanol–water partition coefficient (Wildman–Crippen LogP) is 5.55. The zero-order valence-electron chi connectivity index (χ0n) is 13.8. The van der Waals surface area contributed by atoms with E-state index in [1.165, 1.54) is 6.42 Å². The number of alkyl halides is 3. The van der Waals surface area contributed by atoms with E-state index < -0.39 is 12.1 Å². The molecule has 4 unspecified atom stereocenters. The first-order valence-electron chi connectivity index (χ1n) is 8.67. The fourth-order valence-corrected chi connectivity index (χ4v) is 3.89. The van der Waals surface area contributed by atoms with E-state index in [0.717, 1.165) is 44.9 Å². The highest BCUT2D eigenvalue weighted by Gasteiger charge is 2.47. The average Bonchev–Trinajstić information content (AvgIpc) is 2.47. The number of halogens is 3. The minimum absolute atomic E-state index is 0.0127. The van der Waals surface area contributed by atoms with E-state index in [9.17, 15) is 13.2 Å². The molecule has 0 saturated heterocycles. The Hall–Kier alpha value is -0.250. The van der Waals surface area contributed by atoms with E-state index in [0.29, 0.717) is 12.3 Å². The van der Waals surface area contributed by atoms with Crippen LogP contribution in [0, 0.1) is 17.8 Å². The molecule has 0 amide bonds. The summed E-state index contributed by atoms with van der Waals surface area (Å²) in [6, 6.07) is 0.0127. The van der Waals surface area contributed by atoms with Crippen LogP contribution < -0.4 is 5.32 Å². The van der Waals surface area contributed by atoms with Crippen molar-refractivity contribution in [2.24, 2.45) is 17.8 Å².